The molecule has 0 aromatic heterocycles. The van der Waals surface area contributed by atoms with Crippen LogP contribution in [0.3, 0.4) is 0 Å². The maximum Gasteiger partial charge on any atom is 0.0463 e. The van der Waals surface area contributed by atoms with Crippen molar-refractivity contribution in [2.45, 2.75) is 9.79 Å². The van der Waals surface area contributed by atoms with Gasteiger partial charge in [0.1, 0.15) is 0 Å². The Labute approximate surface area is 193 Å². The Balaban J connectivity index is 1.55. The zero-order chi connectivity index (χ0) is 21.6. The second-order valence-corrected chi connectivity index (χ2v) is 8.71. The molecule has 2 heteroatoms. The van der Waals surface area contributed by atoms with E-state index < -0.39 is 0 Å². The van der Waals surface area contributed by atoms with E-state index in [-0.39, 0.29) is 0 Å². The summed E-state index contributed by atoms with van der Waals surface area (Å²) in [4.78, 5) is 2.44. The van der Waals surface area contributed by atoms with E-state index in [1.165, 1.54) is 32.0 Å². The minimum absolute atomic E-state index is 1.08. The smallest absolute Gasteiger partial charge is 0.0463 e. The number of hydrogen-bond acceptors (Lipinski definition) is 2. The lowest BCUT2D eigenvalue weighted by Gasteiger charge is -2.15. The van der Waals surface area contributed by atoms with Crippen LogP contribution in [0.2, 0.25) is 0 Å². The van der Waals surface area contributed by atoms with E-state index in [1.54, 1.807) is 11.8 Å². The maximum atomic E-state index is 3.69. The summed E-state index contributed by atoms with van der Waals surface area (Å²) < 4.78 is 0. The lowest BCUT2D eigenvalue weighted by Crippen LogP contribution is -1.94. The molecule has 0 bridgehead atoms. The normalized spacial score (nSPS) is 10.6. The fourth-order valence-electron chi connectivity index (χ4n) is 3.77. The monoisotopic (exact) mass is 429 g/mol. The lowest BCUT2D eigenvalue weighted by atomic mass is 10.0. The summed E-state index contributed by atoms with van der Waals surface area (Å²) in [6.45, 7) is 0. The van der Waals surface area contributed by atoms with Crippen molar-refractivity contribution in [2.24, 2.45) is 0 Å². The van der Waals surface area contributed by atoms with Crippen LogP contribution in [-0.4, -0.2) is 0 Å². The Kier molecular flexibility index (Phi) is 6.04. The molecular weight excluding hydrogens is 406 g/mol. The van der Waals surface area contributed by atoms with Crippen LogP contribution in [-0.2, 0) is 0 Å². The first-order chi connectivity index (χ1) is 15.8. The second-order valence-electron chi connectivity index (χ2n) is 7.56. The molecule has 0 amide bonds. The highest BCUT2D eigenvalue weighted by Gasteiger charge is 2.09. The quantitative estimate of drug-likeness (QED) is 0.289. The third-order valence-electron chi connectivity index (χ3n) is 5.28. The first-order valence-electron chi connectivity index (χ1n) is 10.7. The van der Waals surface area contributed by atoms with Gasteiger partial charge in [-0.05, 0) is 53.1 Å². The third kappa shape index (κ3) is 4.77. The Hall–Kier alpha value is -3.75. The van der Waals surface area contributed by atoms with Crippen LogP contribution >= 0.6 is 11.8 Å². The minimum Gasteiger partial charge on any atom is -0.355 e. The van der Waals surface area contributed by atoms with E-state index in [1.807, 2.05) is 0 Å². The average Bonchev–Trinajstić information content (AvgIpc) is 2.86. The van der Waals surface area contributed by atoms with Crippen molar-refractivity contribution in [3.63, 3.8) is 0 Å². The number of anilines is 2. The van der Waals surface area contributed by atoms with Gasteiger partial charge in [0.15, 0.2) is 0 Å². The Morgan fingerprint density at radius 3 is 1.75 bits per heavy atom. The predicted octanol–water partition coefficient (Wildman–Crippen LogP) is 8.92. The first kappa shape index (κ1) is 20.2. The van der Waals surface area contributed by atoms with Crippen LogP contribution in [0.1, 0.15) is 0 Å². The number of benzene rings is 5. The van der Waals surface area contributed by atoms with Crippen molar-refractivity contribution >= 4 is 23.1 Å². The van der Waals surface area contributed by atoms with Gasteiger partial charge in [0.25, 0.3) is 0 Å². The van der Waals surface area contributed by atoms with E-state index in [0.29, 0.717) is 0 Å². The molecule has 0 spiro atoms. The van der Waals surface area contributed by atoms with E-state index in [9.17, 15) is 0 Å². The van der Waals surface area contributed by atoms with Crippen molar-refractivity contribution < 1.29 is 0 Å². The molecule has 0 heterocycles. The molecule has 0 aliphatic carbocycles. The Morgan fingerprint density at radius 1 is 0.438 bits per heavy atom. The Bertz CT molecular complexity index is 1300. The van der Waals surface area contributed by atoms with Gasteiger partial charge in [-0.15, -0.1) is 0 Å². The number of para-hydroxylation sites is 1. The Morgan fingerprint density at radius 2 is 1.03 bits per heavy atom. The van der Waals surface area contributed by atoms with Gasteiger partial charge in [-0.3, -0.25) is 0 Å². The fourth-order valence-corrected chi connectivity index (χ4v) is 4.71. The van der Waals surface area contributed by atoms with Crippen molar-refractivity contribution in [1.82, 2.24) is 0 Å². The molecule has 0 unspecified atom stereocenters. The highest BCUT2D eigenvalue weighted by molar-refractivity contribution is 7.99. The summed E-state index contributed by atoms with van der Waals surface area (Å²) in [7, 11) is 0. The highest BCUT2D eigenvalue weighted by Crippen LogP contribution is 2.36. The minimum atomic E-state index is 1.08. The molecule has 1 N–H and O–H groups in total. The zero-order valence-corrected chi connectivity index (χ0v) is 18.4. The van der Waals surface area contributed by atoms with Gasteiger partial charge in [0.05, 0.1) is 0 Å². The standard InChI is InChI=1S/C30H23NS/c1-4-12-23(13-5-1)25-20-26(22-28(21-25)32-27-16-8-3-9-17-27)31-30-19-11-10-18-29(30)24-14-6-2-7-15-24/h1-22,31H. The molecule has 0 aliphatic rings. The summed E-state index contributed by atoms with van der Waals surface area (Å²) in [6, 6.07) is 46.8. The molecule has 0 fully saturated rings. The van der Waals surface area contributed by atoms with Crippen LogP contribution < -0.4 is 5.32 Å². The molecular formula is C30H23NS. The summed E-state index contributed by atoms with van der Waals surface area (Å²) >= 11 is 1.78. The van der Waals surface area contributed by atoms with Gasteiger partial charge in [-0.2, -0.15) is 0 Å². The molecule has 5 rings (SSSR count). The van der Waals surface area contributed by atoms with Crippen molar-refractivity contribution in [3.8, 4) is 22.3 Å². The van der Waals surface area contributed by atoms with Crippen LogP contribution in [0.25, 0.3) is 22.3 Å². The van der Waals surface area contributed by atoms with Crippen LogP contribution in [0.4, 0.5) is 11.4 Å². The first-order valence-corrected chi connectivity index (χ1v) is 11.5. The van der Waals surface area contributed by atoms with E-state index in [4.69, 9.17) is 0 Å². The average molecular weight is 430 g/mol. The van der Waals surface area contributed by atoms with Gasteiger partial charge in [-0.1, -0.05) is 109 Å². The van der Waals surface area contributed by atoms with Crippen LogP contribution in [0.15, 0.2) is 143 Å². The summed E-state index contributed by atoms with van der Waals surface area (Å²) in [5.74, 6) is 0. The summed E-state index contributed by atoms with van der Waals surface area (Å²) in [5, 5.41) is 3.69. The zero-order valence-electron chi connectivity index (χ0n) is 17.6. The molecule has 0 radical (unpaired) electrons. The largest absolute Gasteiger partial charge is 0.355 e. The molecule has 5 aromatic carbocycles. The van der Waals surface area contributed by atoms with E-state index in [2.05, 4.69) is 139 Å². The highest BCUT2D eigenvalue weighted by atomic mass is 32.2. The molecule has 1 nitrogen and oxygen atoms in total. The number of hydrogen-bond donors (Lipinski definition) is 1. The molecule has 0 saturated heterocycles. The van der Waals surface area contributed by atoms with Gasteiger partial charge < -0.3 is 5.32 Å². The molecule has 0 saturated carbocycles. The second kappa shape index (κ2) is 9.59. The molecule has 0 atom stereocenters. The SMILES string of the molecule is c1ccc(Sc2cc(Nc3ccccc3-c3ccccc3)cc(-c3ccccc3)c2)cc1. The third-order valence-corrected chi connectivity index (χ3v) is 6.26. The number of rotatable bonds is 6. The maximum absolute atomic E-state index is 3.69. The molecule has 0 aliphatic heterocycles. The van der Waals surface area contributed by atoms with Gasteiger partial charge in [0.2, 0.25) is 0 Å². The predicted molar refractivity (Wildman–Crippen MR) is 138 cm³/mol. The van der Waals surface area contributed by atoms with Crippen molar-refractivity contribution in [2.75, 3.05) is 5.32 Å². The van der Waals surface area contributed by atoms with E-state index >= 15 is 0 Å². The molecule has 32 heavy (non-hydrogen) atoms. The fraction of sp³-hybridized carbons (Fsp3) is 0. The van der Waals surface area contributed by atoms with Gasteiger partial charge >= 0.3 is 0 Å². The van der Waals surface area contributed by atoms with Crippen molar-refractivity contribution in [1.29, 1.82) is 0 Å². The van der Waals surface area contributed by atoms with Crippen LogP contribution in [0.5, 0.6) is 0 Å². The lowest BCUT2D eigenvalue weighted by molar-refractivity contribution is 1.39. The van der Waals surface area contributed by atoms with Crippen molar-refractivity contribution in [3.05, 3.63) is 133 Å². The topological polar surface area (TPSA) is 12.0 Å². The molecule has 154 valence electrons. The molecule has 5 aromatic rings. The summed E-state index contributed by atoms with van der Waals surface area (Å²) in [5.41, 5.74) is 6.98. The van der Waals surface area contributed by atoms with Gasteiger partial charge in [0, 0.05) is 26.7 Å². The number of nitrogens with one attached hydrogen (secondary N) is 1. The summed E-state index contributed by atoms with van der Waals surface area (Å²) in [6.07, 6.45) is 0. The van der Waals surface area contributed by atoms with E-state index in [0.717, 1.165) is 11.4 Å². The van der Waals surface area contributed by atoms with Crippen LogP contribution in [0, 0.1) is 0 Å². The van der Waals surface area contributed by atoms with Gasteiger partial charge in [-0.25, -0.2) is 0 Å².